The van der Waals surface area contributed by atoms with E-state index in [9.17, 15) is 5.11 Å². The zero-order valence-electron chi connectivity index (χ0n) is 12.9. The molecule has 0 saturated carbocycles. The lowest BCUT2D eigenvalue weighted by atomic mass is 9.98. The smallest absolute Gasteiger partial charge is 0.0808 e. The minimum Gasteiger partial charge on any atom is -0.389 e. The zero-order chi connectivity index (χ0) is 15.1. The lowest BCUT2D eigenvalue weighted by Gasteiger charge is -2.48. The Morgan fingerprint density at radius 2 is 1.75 bits per heavy atom. The second kappa shape index (κ2) is 5.21. The van der Waals surface area contributed by atoms with E-state index in [-0.39, 0.29) is 11.2 Å². The first-order valence-electron chi connectivity index (χ1n) is 7.02. The van der Waals surface area contributed by atoms with Crippen LogP contribution in [0.2, 0.25) is 5.02 Å². The number of aliphatic hydroxyl groups excluding tert-OH is 1. The average molecular weight is 298 g/mol. The summed E-state index contributed by atoms with van der Waals surface area (Å²) in [6.45, 7) is 11.7. The molecule has 0 radical (unpaired) electrons. The summed E-state index contributed by atoms with van der Waals surface area (Å²) in [6.07, 6.45) is -0.501. The molecule has 2 rings (SSSR count). The lowest BCUT2D eigenvalue weighted by Crippen LogP contribution is -2.57. The van der Waals surface area contributed by atoms with Crippen LogP contribution in [0.3, 0.4) is 0 Å². The van der Waals surface area contributed by atoms with Gasteiger partial charge in [-0.3, -0.25) is 0 Å². The zero-order valence-corrected chi connectivity index (χ0v) is 13.7. The van der Waals surface area contributed by atoms with Gasteiger partial charge in [-0.25, -0.2) is 0 Å². The maximum atomic E-state index is 9.62. The third kappa shape index (κ3) is 3.46. The summed E-state index contributed by atoms with van der Waals surface area (Å²) in [7, 11) is 0. The fourth-order valence-electron chi connectivity index (χ4n) is 3.00. The van der Waals surface area contributed by atoms with Gasteiger partial charge in [0.1, 0.15) is 0 Å². The van der Waals surface area contributed by atoms with Crippen molar-refractivity contribution in [2.75, 3.05) is 18.0 Å². The molecule has 1 heterocycles. The second-order valence-corrected chi connectivity index (χ2v) is 7.27. The largest absolute Gasteiger partial charge is 0.389 e. The monoisotopic (exact) mass is 297 g/mol. The number of hydrogen-bond donors (Lipinski definition) is 1. The molecule has 0 bridgehead atoms. The summed E-state index contributed by atoms with van der Waals surface area (Å²) in [5.74, 6) is 0. The Hall–Kier alpha value is -0.770. The minimum absolute atomic E-state index is 0.214. The van der Waals surface area contributed by atoms with Gasteiger partial charge < -0.3 is 14.7 Å². The summed E-state index contributed by atoms with van der Waals surface area (Å²) in [6, 6.07) is 5.76. The van der Waals surface area contributed by atoms with E-state index < -0.39 is 6.10 Å². The van der Waals surface area contributed by atoms with Crippen molar-refractivity contribution in [1.29, 1.82) is 0 Å². The number of rotatable bonds is 2. The summed E-state index contributed by atoms with van der Waals surface area (Å²) >= 11 is 6.40. The molecule has 3 nitrogen and oxygen atoms in total. The Morgan fingerprint density at radius 1 is 1.20 bits per heavy atom. The van der Waals surface area contributed by atoms with Gasteiger partial charge in [0.25, 0.3) is 0 Å². The highest BCUT2D eigenvalue weighted by Gasteiger charge is 2.38. The van der Waals surface area contributed by atoms with Crippen molar-refractivity contribution in [3.8, 4) is 0 Å². The first-order chi connectivity index (χ1) is 9.10. The predicted octanol–water partition coefficient (Wildman–Crippen LogP) is 3.79. The maximum Gasteiger partial charge on any atom is 0.0808 e. The van der Waals surface area contributed by atoms with Crippen LogP contribution in [0.5, 0.6) is 0 Å². The molecule has 112 valence electrons. The van der Waals surface area contributed by atoms with Crippen LogP contribution in [0.1, 0.15) is 46.3 Å². The van der Waals surface area contributed by atoms with E-state index in [0.29, 0.717) is 5.02 Å². The molecule has 1 N–H and O–H groups in total. The molecule has 1 aliphatic heterocycles. The number of benzene rings is 1. The normalized spacial score (nSPS) is 22.6. The van der Waals surface area contributed by atoms with E-state index in [4.69, 9.17) is 16.3 Å². The maximum absolute atomic E-state index is 9.62. The van der Waals surface area contributed by atoms with Gasteiger partial charge in [-0.05, 0) is 52.3 Å². The highest BCUT2D eigenvalue weighted by molar-refractivity contribution is 6.33. The molecule has 1 aromatic rings. The summed E-state index contributed by atoms with van der Waals surface area (Å²) in [5, 5.41) is 10.3. The lowest BCUT2D eigenvalue weighted by molar-refractivity contribution is -0.133. The predicted molar refractivity (Wildman–Crippen MR) is 83.5 cm³/mol. The molecule has 1 saturated heterocycles. The molecule has 0 unspecified atom stereocenters. The summed E-state index contributed by atoms with van der Waals surface area (Å²) in [5.41, 5.74) is 1.41. The van der Waals surface area contributed by atoms with Crippen LogP contribution < -0.4 is 4.90 Å². The Kier molecular flexibility index (Phi) is 4.07. The third-order valence-electron chi connectivity index (χ3n) is 3.49. The number of halogens is 1. The van der Waals surface area contributed by atoms with Crippen molar-refractivity contribution in [1.82, 2.24) is 0 Å². The fraction of sp³-hybridized carbons (Fsp3) is 0.625. The Bertz CT molecular complexity index is 481. The molecule has 1 aromatic carbocycles. The number of hydrogen-bond acceptors (Lipinski definition) is 3. The molecule has 0 aliphatic carbocycles. The quantitative estimate of drug-likeness (QED) is 0.901. The van der Waals surface area contributed by atoms with Crippen molar-refractivity contribution in [3.05, 3.63) is 28.8 Å². The van der Waals surface area contributed by atoms with Crippen LogP contribution in [0.25, 0.3) is 0 Å². The fourth-order valence-corrected chi connectivity index (χ4v) is 3.31. The van der Waals surface area contributed by atoms with Crippen LogP contribution in [-0.2, 0) is 4.74 Å². The molecular formula is C16H24ClNO2. The molecule has 1 fully saturated rings. The number of aliphatic hydroxyl groups is 1. The van der Waals surface area contributed by atoms with E-state index >= 15 is 0 Å². The van der Waals surface area contributed by atoms with Crippen LogP contribution in [0, 0.1) is 0 Å². The molecular weight excluding hydrogens is 274 g/mol. The van der Waals surface area contributed by atoms with Crippen LogP contribution in [0.4, 0.5) is 5.69 Å². The third-order valence-corrected chi connectivity index (χ3v) is 3.79. The molecule has 4 heteroatoms. The van der Waals surface area contributed by atoms with Gasteiger partial charge in [0, 0.05) is 13.1 Å². The van der Waals surface area contributed by atoms with Crippen molar-refractivity contribution < 1.29 is 9.84 Å². The Balaban J connectivity index is 2.31. The number of anilines is 1. The summed E-state index contributed by atoms with van der Waals surface area (Å²) < 4.78 is 6.09. The van der Waals surface area contributed by atoms with Gasteiger partial charge >= 0.3 is 0 Å². The van der Waals surface area contributed by atoms with Gasteiger partial charge in [-0.15, -0.1) is 0 Å². The highest BCUT2D eigenvalue weighted by atomic mass is 35.5. The SMILES string of the molecule is C[C@@H](O)c1ccc(N2CC(C)(C)OC(C)(C)C2)c(Cl)c1. The molecule has 0 aromatic heterocycles. The van der Waals surface area contributed by atoms with E-state index in [1.165, 1.54) is 0 Å². The Morgan fingerprint density at radius 3 is 2.20 bits per heavy atom. The molecule has 1 atom stereocenters. The first kappa shape index (κ1) is 15.6. The van der Waals surface area contributed by atoms with Crippen LogP contribution >= 0.6 is 11.6 Å². The standard InChI is InChI=1S/C16H24ClNO2/c1-11(19)12-6-7-14(13(17)8-12)18-9-15(2,3)20-16(4,5)10-18/h6-8,11,19H,9-10H2,1-5H3/t11-/m1/s1. The summed E-state index contributed by atoms with van der Waals surface area (Å²) in [4.78, 5) is 2.26. The van der Waals surface area contributed by atoms with Crippen molar-refractivity contribution in [3.63, 3.8) is 0 Å². The minimum atomic E-state index is -0.501. The average Bonchev–Trinajstić information content (AvgIpc) is 2.24. The van der Waals surface area contributed by atoms with Crippen molar-refractivity contribution in [2.45, 2.75) is 51.9 Å². The Labute approximate surface area is 126 Å². The topological polar surface area (TPSA) is 32.7 Å². The first-order valence-corrected chi connectivity index (χ1v) is 7.40. The van der Waals surface area contributed by atoms with E-state index in [0.717, 1.165) is 24.3 Å². The van der Waals surface area contributed by atoms with Gasteiger partial charge in [-0.2, -0.15) is 0 Å². The van der Waals surface area contributed by atoms with E-state index in [1.807, 2.05) is 18.2 Å². The molecule has 1 aliphatic rings. The van der Waals surface area contributed by atoms with E-state index in [2.05, 4.69) is 32.6 Å². The number of ether oxygens (including phenoxy) is 1. The van der Waals surface area contributed by atoms with Gasteiger partial charge in [0.05, 0.1) is 28.0 Å². The second-order valence-electron chi connectivity index (χ2n) is 6.86. The highest BCUT2D eigenvalue weighted by Crippen LogP contribution is 2.35. The van der Waals surface area contributed by atoms with Crippen LogP contribution in [-0.4, -0.2) is 29.4 Å². The van der Waals surface area contributed by atoms with Gasteiger partial charge in [0.15, 0.2) is 0 Å². The van der Waals surface area contributed by atoms with Crippen LogP contribution in [0.15, 0.2) is 18.2 Å². The number of morpholine rings is 1. The van der Waals surface area contributed by atoms with Crippen molar-refractivity contribution in [2.24, 2.45) is 0 Å². The molecule has 20 heavy (non-hydrogen) atoms. The van der Waals surface area contributed by atoms with E-state index in [1.54, 1.807) is 6.92 Å². The van der Waals surface area contributed by atoms with Gasteiger partial charge in [0.2, 0.25) is 0 Å². The molecule has 0 amide bonds. The number of nitrogens with zero attached hydrogens (tertiary/aromatic N) is 1. The van der Waals surface area contributed by atoms with Gasteiger partial charge in [-0.1, -0.05) is 17.7 Å². The molecule has 0 spiro atoms. The van der Waals surface area contributed by atoms with Crippen molar-refractivity contribution >= 4 is 17.3 Å².